The van der Waals surface area contributed by atoms with Crippen LogP contribution in [0.1, 0.15) is 66.7 Å². The number of nitrogens with zero attached hydrogens (tertiary/aromatic N) is 1. The molecule has 0 amide bonds. The fraction of sp³-hybridized carbons (Fsp3) is 0.944. The molecule has 25 heavy (non-hydrogen) atoms. The Labute approximate surface area is 154 Å². The zero-order valence-corrected chi connectivity index (χ0v) is 17.8. The summed E-state index contributed by atoms with van der Waals surface area (Å²) in [5.41, 5.74) is -0.917. The molecule has 0 rings (SSSR count). The van der Waals surface area contributed by atoms with E-state index in [1.54, 1.807) is 0 Å². The maximum Gasteiger partial charge on any atom is 0.191 e. The molecule has 0 aliphatic carbocycles. The van der Waals surface area contributed by atoms with Gasteiger partial charge in [-0.05, 0) is 31.6 Å². The molecule has 0 fully saturated rings. The number of aliphatic hydroxyl groups is 1. The highest BCUT2D eigenvalue weighted by atomic mass is 32.2. The summed E-state index contributed by atoms with van der Waals surface area (Å²) in [5.74, 6) is 0.840. The summed E-state index contributed by atoms with van der Waals surface area (Å²) in [6.07, 6.45) is 5.22. The molecule has 0 spiro atoms. The molecule has 0 aliphatic heterocycles. The summed E-state index contributed by atoms with van der Waals surface area (Å²) in [5, 5.41) is 17.2. The lowest BCUT2D eigenvalue weighted by Gasteiger charge is -2.29. The smallest absolute Gasteiger partial charge is 0.191 e. The van der Waals surface area contributed by atoms with Gasteiger partial charge in [0, 0.05) is 25.9 Å². The molecule has 6 nitrogen and oxygen atoms in total. The zero-order valence-electron chi connectivity index (χ0n) is 17.0. The molecule has 150 valence electrons. The van der Waals surface area contributed by atoms with Gasteiger partial charge >= 0.3 is 0 Å². The first-order valence-corrected chi connectivity index (χ1v) is 11.5. The van der Waals surface area contributed by atoms with Crippen LogP contribution in [0.4, 0.5) is 0 Å². The van der Waals surface area contributed by atoms with Crippen molar-refractivity contribution in [3.63, 3.8) is 0 Å². The predicted octanol–water partition coefficient (Wildman–Crippen LogP) is 2.33. The molecular formula is C18H39N3O3S. The minimum Gasteiger partial charge on any atom is -0.388 e. The van der Waals surface area contributed by atoms with Gasteiger partial charge < -0.3 is 15.7 Å². The van der Waals surface area contributed by atoms with Gasteiger partial charge in [0.15, 0.2) is 5.96 Å². The van der Waals surface area contributed by atoms with E-state index < -0.39 is 15.4 Å². The third kappa shape index (κ3) is 12.2. The molecule has 0 aromatic heterocycles. The first kappa shape index (κ1) is 24.2. The average molecular weight is 378 g/mol. The van der Waals surface area contributed by atoms with Crippen molar-refractivity contribution in [3.05, 3.63) is 0 Å². The van der Waals surface area contributed by atoms with Gasteiger partial charge in [-0.25, -0.2) is 8.42 Å². The first-order valence-electron chi connectivity index (χ1n) is 9.39. The summed E-state index contributed by atoms with van der Waals surface area (Å²) < 4.78 is 22.7. The molecule has 0 saturated heterocycles. The number of guanidine groups is 1. The van der Waals surface area contributed by atoms with Gasteiger partial charge in [-0.15, -0.1) is 0 Å². The van der Waals surface area contributed by atoms with E-state index in [0.717, 1.165) is 32.2 Å². The number of hydrogen-bond acceptors (Lipinski definition) is 4. The number of sulfone groups is 1. The monoisotopic (exact) mass is 377 g/mol. The van der Waals surface area contributed by atoms with Crippen LogP contribution < -0.4 is 10.6 Å². The van der Waals surface area contributed by atoms with E-state index in [2.05, 4.69) is 29.5 Å². The fourth-order valence-electron chi connectivity index (χ4n) is 2.66. The Balaban J connectivity index is 4.82. The van der Waals surface area contributed by atoms with Crippen molar-refractivity contribution in [2.75, 3.05) is 31.6 Å². The Morgan fingerprint density at radius 3 is 2.04 bits per heavy atom. The molecule has 3 N–H and O–H groups in total. The molecule has 0 aromatic rings. The molecule has 0 bridgehead atoms. The lowest BCUT2D eigenvalue weighted by atomic mass is 9.90. The molecule has 7 heteroatoms. The Bertz CT molecular complexity index is 496. The van der Waals surface area contributed by atoms with E-state index in [4.69, 9.17) is 0 Å². The van der Waals surface area contributed by atoms with Crippen LogP contribution in [-0.2, 0) is 9.84 Å². The SMILES string of the molecule is CCCC(O)(CCC)CNC(=NCC(C)(C)CCS(C)(=O)=O)NCC. The van der Waals surface area contributed by atoms with Crippen molar-refractivity contribution in [3.8, 4) is 0 Å². The van der Waals surface area contributed by atoms with Gasteiger partial charge in [0.05, 0.1) is 11.4 Å². The molecule has 0 radical (unpaired) electrons. The lowest BCUT2D eigenvalue weighted by molar-refractivity contribution is 0.0257. The molecule has 0 saturated carbocycles. The second kappa shape index (κ2) is 11.0. The van der Waals surface area contributed by atoms with Crippen LogP contribution in [0.2, 0.25) is 0 Å². The van der Waals surface area contributed by atoms with Crippen LogP contribution in [0.25, 0.3) is 0 Å². The van der Waals surface area contributed by atoms with E-state index in [-0.39, 0.29) is 11.2 Å². The third-order valence-electron chi connectivity index (χ3n) is 4.17. The highest BCUT2D eigenvalue weighted by molar-refractivity contribution is 7.90. The maximum absolute atomic E-state index is 11.4. The highest BCUT2D eigenvalue weighted by Gasteiger charge is 2.25. The summed E-state index contributed by atoms with van der Waals surface area (Å²) in [7, 11) is -2.96. The van der Waals surface area contributed by atoms with Gasteiger partial charge in [0.1, 0.15) is 9.84 Å². The number of aliphatic imine (C=N–C) groups is 1. The van der Waals surface area contributed by atoms with E-state index in [0.29, 0.717) is 25.5 Å². The molecular weight excluding hydrogens is 338 g/mol. The Hall–Kier alpha value is -0.820. The summed E-state index contributed by atoms with van der Waals surface area (Å²) >= 11 is 0. The van der Waals surface area contributed by atoms with Crippen molar-refractivity contribution < 1.29 is 13.5 Å². The molecule has 0 heterocycles. The molecule has 0 unspecified atom stereocenters. The minimum absolute atomic E-state index is 0.173. The van der Waals surface area contributed by atoms with Gasteiger partial charge in [-0.2, -0.15) is 0 Å². The minimum atomic E-state index is -2.96. The van der Waals surface area contributed by atoms with Crippen molar-refractivity contribution >= 4 is 15.8 Å². The van der Waals surface area contributed by atoms with Crippen LogP contribution in [0.15, 0.2) is 4.99 Å². The largest absolute Gasteiger partial charge is 0.388 e. The standard InChI is InChI=1S/C18H39N3O3S/c1-7-10-18(22,11-8-2)15-21-16(19-9-3)20-14-17(4,5)12-13-25(6,23)24/h22H,7-15H2,1-6H3,(H2,19,20,21). The van der Waals surface area contributed by atoms with Crippen LogP contribution in [0, 0.1) is 5.41 Å². The maximum atomic E-state index is 11.4. The van der Waals surface area contributed by atoms with Crippen molar-refractivity contribution in [2.45, 2.75) is 72.3 Å². The Kier molecular flexibility index (Phi) is 10.7. The summed E-state index contributed by atoms with van der Waals surface area (Å²) in [4.78, 5) is 4.60. The zero-order chi connectivity index (χ0) is 19.6. The van der Waals surface area contributed by atoms with Crippen LogP contribution in [-0.4, -0.2) is 56.7 Å². The molecule has 0 atom stereocenters. The number of hydrogen-bond donors (Lipinski definition) is 3. The quantitative estimate of drug-likeness (QED) is 0.359. The molecule has 0 aromatic carbocycles. The van der Waals surface area contributed by atoms with E-state index in [1.165, 1.54) is 6.26 Å². The second-order valence-corrected chi connectivity index (χ2v) is 10.1. The van der Waals surface area contributed by atoms with Crippen LogP contribution in [0.3, 0.4) is 0 Å². The lowest BCUT2D eigenvalue weighted by Crippen LogP contribution is -2.47. The molecule has 0 aliphatic rings. The van der Waals surface area contributed by atoms with Crippen molar-refractivity contribution in [2.24, 2.45) is 10.4 Å². The van der Waals surface area contributed by atoms with Crippen molar-refractivity contribution in [1.82, 2.24) is 10.6 Å². The highest BCUT2D eigenvalue weighted by Crippen LogP contribution is 2.21. The van der Waals surface area contributed by atoms with Gasteiger partial charge in [0.25, 0.3) is 0 Å². The topological polar surface area (TPSA) is 90.8 Å². The predicted molar refractivity (Wildman–Crippen MR) is 107 cm³/mol. The Morgan fingerprint density at radius 2 is 1.60 bits per heavy atom. The van der Waals surface area contributed by atoms with Gasteiger partial charge in [0.2, 0.25) is 0 Å². The normalized spacial score (nSPS) is 13.8. The second-order valence-electron chi connectivity index (χ2n) is 7.82. The number of nitrogens with one attached hydrogen (secondary N) is 2. The Morgan fingerprint density at radius 1 is 1.04 bits per heavy atom. The van der Waals surface area contributed by atoms with E-state index >= 15 is 0 Å². The van der Waals surface area contributed by atoms with Gasteiger partial charge in [-0.3, -0.25) is 4.99 Å². The van der Waals surface area contributed by atoms with Gasteiger partial charge in [-0.1, -0.05) is 40.5 Å². The number of rotatable bonds is 12. The van der Waals surface area contributed by atoms with E-state index in [9.17, 15) is 13.5 Å². The average Bonchev–Trinajstić information content (AvgIpc) is 2.48. The van der Waals surface area contributed by atoms with Crippen LogP contribution in [0.5, 0.6) is 0 Å². The van der Waals surface area contributed by atoms with Crippen LogP contribution >= 0.6 is 0 Å². The van der Waals surface area contributed by atoms with Crippen molar-refractivity contribution in [1.29, 1.82) is 0 Å². The summed E-state index contributed by atoms with van der Waals surface area (Å²) in [6.45, 7) is 11.9. The van der Waals surface area contributed by atoms with E-state index in [1.807, 2.05) is 20.8 Å². The summed E-state index contributed by atoms with van der Waals surface area (Å²) in [6, 6.07) is 0. The third-order valence-corrected chi connectivity index (χ3v) is 5.12. The fourth-order valence-corrected chi connectivity index (χ4v) is 3.58. The first-order chi connectivity index (χ1) is 11.5.